The first kappa shape index (κ1) is 13.0. The molecule has 1 heterocycles. The summed E-state index contributed by atoms with van der Waals surface area (Å²) in [5.41, 5.74) is 2.66. The molecule has 0 atom stereocenters. The minimum Gasteiger partial charge on any atom is -0.496 e. The highest BCUT2D eigenvalue weighted by molar-refractivity contribution is 5.90. The highest BCUT2D eigenvalue weighted by atomic mass is 16.5. The highest BCUT2D eigenvalue weighted by Crippen LogP contribution is 2.31. The number of aryl methyl sites for hydroxylation is 2. The minimum absolute atomic E-state index is 0.985. The Morgan fingerprint density at radius 2 is 2.17 bits per heavy atom. The maximum Gasteiger partial charge on any atom is 0.128 e. The van der Waals surface area contributed by atoms with Crippen molar-refractivity contribution in [2.75, 3.05) is 20.7 Å². The third kappa shape index (κ3) is 2.36. The van der Waals surface area contributed by atoms with Crippen molar-refractivity contribution >= 4 is 10.9 Å². The maximum absolute atomic E-state index is 5.50. The summed E-state index contributed by atoms with van der Waals surface area (Å²) in [4.78, 5) is 0. The zero-order chi connectivity index (χ0) is 13.0. The van der Waals surface area contributed by atoms with Gasteiger partial charge in [-0.1, -0.05) is 6.07 Å². The lowest BCUT2D eigenvalue weighted by Gasteiger charge is -2.05. The number of fused-ring (bicyclic) bond motifs is 1. The molecule has 1 aromatic carbocycles. The SMILES string of the molecule is CCn1cc(CCCNC)c2c(OC)cccc21. The Labute approximate surface area is 109 Å². The Bertz CT molecular complexity index is 516. The van der Waals surface area contributed by atoms with Gasteiger partial charge in [-0.25, -0.2) is 0 Å². The molecule has 2 rings (SSSR count). The molecule has 0 fully saturated rings. The average Bonchev–Trinajstić information content (AvgIpc) is 2.77. The molecule has 0 radical (unpaired) electrons. The zero-order valence-corrected chi connectivity index (χ0v) is 11.5. The number of nitrogens with one attached hydrogen (secondary N) is 1. The highest BCUT2D eigenvalue weighted by Gasteiger charge is 2.11. The molecular weight excluding hydrogens is 224 g/mol. The van der Waals surface area contributed by atoms with Crippen molar-refractivity contribution in [2.24, 2.45) is 0 Å². The van der Waals surface area contributed by atoms with Crippen LogP contribution in [-0.4, -0.2) is 25.3 Å². The van der Waals surface area contributed by atoms with Crippen LogP contribution in [0.3, 0.4) is 0 Å². The predicted molar refractivity (Wildman–Crippen MR) is 76.4 cm³/mol. The fourth-order valence-corrected chi connectivity index (χ4v) is 2.48. The molecule has 1 aromatic heterocycles. The van der Waals surface area contributed by atoms with Gasteiger partial charge >= 0.3 is 0 Å². The van der Waals surface area contributed by atoms with E-state index < -0.39 is 0 Å². The van der Waals surface area contributed by atoms with Crippen molar-refractivity contribution < 1.29 is 4.74 Å². The van der Waals surface area contributed by atoms with Crippen LogP contribution in [0.1, 0.15) is 18.9 Å². The van der Waals surface area contributed by atoms with Crippen LogP contribution in [0.5, 0.6) is 5.75 Å². The molecule has 0 aliphatic carbocycles. The molecule has 18 heavy (non-hydrogen) atoms. The number of methoxy groups -OCH3 is 1. The van der Waals surface area contributed by atoms with Crippen molar-refractivity contribution in [3.63, 3.8) is 0 Å². The van der Waals surface area contributed by atoms with E-state index >= 15 is 0 Å². The van der Waals surface area contributed by atoms with Gasteiger partial charge in [-0.15, -0.1) is 0 Å². The molecule has 0 amide bonds. The molecule has 98 valence electrons. The second-order valence-corrected chi connectivity index (χ2v) is 4.50. The summed E-state index contributed by atoms with van der Waals surface area (Å²) < 4.78 is 7.80. The molecule has 0 spiro atoms. The molecule has 0 unspecified atom stereocenters. The molecule has 1 N–H and O–H groups in total. The standard InChI is InChI=1S/C15H22N2O/c1-4-17-11-12(7-6-10-16-2)15-13(17)8-5-9-14(15)18-3/h5,8-9,11,16H,4,6-7,10H2,1-3H3. The van der Waals surface area contributed by atoms with Crippen LogP contribution in [0.15, 0.2) is 24.4 Å². The number of nitrogens with zero attached hydrogens (tertiary/aromatic N) is 1. The number of ether oxygens (including phenoxy) is 1. The van der Waals surface area contributed by atoms with Crippen LogP contribution in [0, 0.1) is 0 Å². The summed E-state index contributed by atoms with van der Waals surface area (Å²) in [7, 11) is 3.74. The van der Waals surface area contributed by atoms with E-state index in [0.717, 1.165) is 31.7 Å². The van der Waals surface area contributed by atoms with Crippen LogP contribution < -0.4 is 10.1 Å². The summed E-state index contributed by atoms with van der Waals surface area (Å²) in [6.45, 7) is 4.22. The van der Waals surface area contributed by atoms with Gasteiger partial charge in [-0.3, -0.25) is 0 Å². The van der Waals surface area contributed by atoms with Crippen LogP contribution in [0.25, 0.3) is 10.9 Å². The molecular formula is C15H22N2O. The number of rotatable bonds is 6. The lowest BCUT2D eigenvalue weighted by Crippen LogP contribution is -2.08. The first-order valence-electron chi connectivity index (χ1n) is 6.61. The van der Waals surface area contributed by atoms with Crippen LogP contribution in [0.4, 0.5) is 0 Å². The first-order valence-corrected chi connectivity index (χ1v) is 6.61. The Balaban J connectivity index is 2.44. The number of aromatic nitrogens is 1. The van der Waals surface area contributed by atoms with Gasteiger partial charge in [0.05, 0.1) is 12.6 Å². The Kier molecular flexibility index (Phi) is 4.26. The fourth-order valence-electron chi connectivity index (χ4n) is 2.48. The van der Waals surface area contributed by atoms with Gasteiger partial charge < -0.3 is 14.6 Å². The molecule has 0 aliphatic heterocycles. The minimum atomic E-state index is 0.985. The van der Waals surface area contributed by atoms with Crippen molar-refractivity contribution in [1.29, 1.82) is 0 Å². The lowest BCUT2D eigenvalue weighted by molar-refractivity contribution is 0.419. The smallest absolute Gasteiger partial charge is 0.128 e. The van der Waals surface area contributed by atoms with E-state index in [0.29, 0.717) is 0 Å². The third-order valence-electron chi connectivity index (χ3n) is 3.38. The van der Waals surface area contributed by atoms with Crippen molar-refractivity contribution in [3.05, 3.63) is 30.0 Å². The Morgan fingerprint density at radius 3 is 2.83 bits per heavy atom. The largest absolute Gasteiger partial charge is 0.496 e. The van der Waals surface area contributed by atoms with E-state index in [9.17, 15) is 0 Å². The topological polar surface area (TPSA) is 26.2 Å². The fraction of sp³-hybridized carbons (Fsp3) is 0.467. The number of hydrogen-bond donors (Lipinski definition) is 1. The Morgan fingerprint density at radius 1 is 1.33 bits per heavy atom. The average molecular weight is 246 g/mol. The van der Waals surface area contributed by atoms with Crippen LogP contribution in [-0.2, 0) is 13.0 Å². The van der Waals surface area contributed by atoms with Gasteiger partial charge in [0, 0.05) is 18.1 Å². The normalized spacial score (nSPS) is 11.1. The summed E-state index contributed by atoms with van der Waals surface area (Å²) in [6.07, 6.45) is 4.50. The van der Waals surface area contributed by atoms with Crippen LogP contribution >= 0.6 is 0 Å². The van der Waals surface area contributed by atoms with Crippen molar-refractivity contribution in [2.45, 2.75) is 26.3 Å². The summed E-state index contributed by atoms with van der Waals surface area (Å²) in [5.74, 6) is 0.985. The lowest BCUT2D eigenvalue weighted by atomic mass is 10.1. The number of benzene rings is 1. The van der Waals surface area contributed by atoms with Gasteiger partial charge in [0.1, 0.15) is 5.75 Å². The molecule has 2 aromatic rings. The third-order valence-corrected chi connectivity index (χ3v) is 3.38. The molecule has 0 saturated carbocycles. The quantitative estimate of drug-likeness (QED) is 0.793. The molecule has 3 nitrogen and oxygen atoms in total. The zero-order valence-electron chi connectivity index (χ0n) is 11.5. The summed E-state index contributed by atoms with van der Waals surface area (Å²) >= 11 is 0. The van der Waals surface area contributed by atoms with Crippen molar-refractivity contribution in [3.8, 4) is 5.75 Å². The molecule has 0 bridgehead atoms. The predicted octanol–water partition coefficient (Wildman–Crippen LogP) is 2.82. The van der Waals surface area contributed by atoms with E-state index in [2.05, 4.69) is 35.1 Å². The first-order chi connectivity index (χ1) is 8.81. The van der Waals surface area contributed by atoms with Gasteiger partial charge in [0.25, 0.3) is 0 Å². The van der Waals surface area contributed by atoms with Gasteiger partial charge in [0.15, 0.2) is 0 Å². The molecule has 0 saturated heterocycles. The van der Waals surface area contributed by atoms with E-state index in [1.54, 1.807) is 7.11 Å². The summed E-state index contributed by atoms with van der Waals surface area (Å²) in [5, 5.41) is 4.47. The van der Waals surface area contributed by atoms with Crippen LogP contribution in [0.2, 0.25) is 0 Å². The summed E-state index contributed by atoms with van der Waals surface area (Å²) in [6, 6.07) is 6.28. The maximum atomic E-state index is 5.50. The van der Waals surface area contributed by atoms with Gasteiger partial charge in [-0.05, 0) is 51.1 Å². The van der Waals surface area contributed by atoms with Gasteiger partial charge in [-0.2, -0.15) is 0 Å². The second-order valence-electron chi connectivity index (χ2n) is 4.50. The van der Waals surface area contributed by atoms with E-state index in [1.807, 2.05) is 13.1 Å². The van der Waals surface area contributed by atoms with Gasteiger partial charge in [0.2, 0.25) is 0 Å². The second kappa shape index (κ2) is 5.91. The van der Waals surface area contributed by atoms with E-state index in [4.69, 9.17) is 4.74 Å². The van der Waals surface area contributed by atoms with E-state index in [-0.39, 0.29) is 0 Å². The molecule has 0 aliphatic rings. The Hall–Kier alpha value is -1.48. The number of hydrogen-bond acceptors (Lipinski definition) is 2. The monoisotopic (exact) mass is 246 g/mol. The molecule has 3 heteroatoms. The van der Waals surface area contributed by atoms with E-state index in [1.165, 1.54) is 16.5 Å². The van der Waals surface area contributed by atoms with Crippen molar-refractivity contribution in [1.82, 2.24) is 9.88 Å².